The molecule has 0 aliphatic rings. The second kappa shape index (κ2) is 10.9. The lowest BCUT2D eigenvalue weighted by molar-refractivity contribution is -0.141. The Hall–Kier alpha value is -1.18. The number of hydrazine groups is 1. The Bertz CT molecular complexity index is 248. The van der Waals surface area contributed by atoms with Crippen LogP contribution in [-0.2, 0) is 9.59 Å². The van der Waals surface area contributed by atoms with Gasteiger partial charge < -0.3 is 11.1 Å². The Balaban J connectivity index is 3.87. The zero-order chi connectivity index (χ0) is 13.8. The summed E-state index contributed by atoms with van der Waals surface area (Å²) in [6.07, 6.45) is 0.711. The average Bonchev–Trinajstić information content (AvgIpc) is 2.40. The first-order valence-corrected chi connectivity index (χ1v) is 6.37. The van der Waals surface area contributed by atoms with Gasteiger partial charge in [-0.1, -0.05) is 13.8 Å². The number of nitrogens with zero attached hydrogens (tertiary/aromatic N) is 1. The molecule has 0 atom stereocenters. The molecule has 0 aliphatic heterocycles. The molecular formula is C11H25N5O2. The minimum Gasteiger partial charge on any atom is -0.329 e. The van der Waals surface area contributed by atoms with Crippen LogP contribution in [0.4, 0.5) is 0 Å². The molecule has 7 nitrogen and oxygen atoms in total. The fourth-order valence-electron chi connectivity index (χ4n) is 1.21. The zero-order valence-electron chi connectivity index (χ0n) is 11.3. The van der Waals surface area contributed by atoms with Gasteiger partial charge in [0.15, 0.2) is 0 Å². The van der Waals surface area contributed by atoms with Crippen LogP contribution >= 0.6 is 0 Å². The molecular weight excluding hydrogens is 234 g/mol. The monoisotopic (exact) mass is 259 g/mol. The Kier molecular flexibility index (Phi) is 10.2. The van der Waals surface area contributed by atoms with Crippen molar-refractivity contribution in [2.24, 2.45) is 5.73 Å². The average molecular weight is 259 g/mol. The molecule has 0 aliphatic carbocycles. The quantitative estimate of drug-likeness (QED) is 0.236. The van der Waals surface area contributed by atoms with Crippen LogP contribution in [0, 0.1) is 0 Å². The van der Waals surface area contributed by atoms with E-state index in [9.17, 15) is 9.59 Å². The molecule has 0 spiro atoms. The number of nitrogens with one attached hydrogen (secondary N) is 3. The van der Waals surface area contributed by atoms with Crippen molar-refractivity contribution in [3.05, 3.63) is 0 Å². The molecule has 5 N–H and O–H groups in total. The van der Waals surface area contributed by atoms with Crippen LogP contribution in [0.2, 0.25) is 0 Å². The number of hydrogen-bond donors (Lipinski definition) is 4. The maximum absolute atomic E-state index is 11.6. The van der Waals surface area contributed by atoms with Gasteiger partial charge in [-0.05, 0) is 0 Å². The first-order valence-electron chi connectivity index (χ1n) is 6.37. The molecule has 0 saturated heterocycles. The molecule has 0 rings (SSSR count). The molecule has 18 heavy (non-hydrogen) atoms. The van der Waals surface area contributed by atoms with Crippen LogP contribution in [0.25, 0.3) is 0 Å². The van der Waals surface area contributed by atoms with Crippen LogP contribution in [0.5, 0.6) is 0 Å². The summed E-state index contributed by atoms with van der Waals surface area (Å²) in [5.41, 5.74) is 7.90. The molecule has 106 valence electrons. The van der Waals surface area contributed by atoms with E-state index in [0.717, 1.165) is 13.1 Å². The van der Waals surface area contributed by atoms with Gasteiger partial charge in [-0.15, -0.1) is 0 Å². The Morgan fingerprint density at radius 1 is 1.06 bits per heavy atom. The summed E-state index contributed by atoms with van der Waals surface area (Å²) in [6, 6.07) is 0. The van der Waals surface area contributed by atoms with Crippen molar-refractivity contribution >= 4 is 11.8 Å². The Morgan fingerprint density at radius 3 is 2.28 bits per heavy atom. The predicted molar refractivity (Wildman–Crippen MR) is 70.4 cm³/mol. The summed E-state index contributed by atoms with van der Waals surface area (Å²) in [6.45, 7) is 6.66. The van der Waals surface area contributed by atoms with Crippen molar-refractivity contribution < 1.29 is 9.59 Å². The molecule has 0 fully saturated rings. The van der Waals surface area contributed by atoms with E-state index in [1.54, 1.807) is 13.8 Å². The van der Waals surface area contributed by atoms with Gasteiger partial charge in [0.1, 0.15) is 0 Å². The molecule has 0 aromatic carbocycles. The standard InChI is InChI=1S/C11H25N5O2/c1-3-10(17)15-16(11(18)4-2)9-14-8-7-13-6-5-12/h13-14H,3-9,12H2,1-2H3,(H,15,17). The number of amides is 2. The summed E-state index contributed by atoms with van der Waals surface area (Å²) in [7, 11) is 0. The van der Waals surface area contributed by atoms with E-state index >= 15 is 0 Å². The van der Waals surface area contributed by atoms with Crippen LogP contribution in [0.1, 0.15) is 26.7 Å². The van der Waals surface area contributed by atoms with Crippen molar-refractivity contribution in [1.29, 1.82) is 0 Å². The summed E-state index contributed by atoms with van der Waals surface area (Å²) in [4.78, 5) is 22.8. The molecule has 0 aromatic heterocycles. The third-order valence-electron chi connectivity index (χ3n) is 2.25. The highest BCUT2D eigenvalue weighted by molar-refractivity contribution is 5.81. The second-order valence-corrected chi connectivity index (χ2v) is 3.76. The maximum Gasteiger partial charge on any atom is 0.241 e. The lowest BCUT2D eigenvalue weighted by Gasteiger charge is -2.23. The van der Waals surface area contributed by atoms with E-state index in [2.05, 4.69) is 16.1 Å². The number of carbonyl (C=O) groups is 2. The first-order chi connectivity index (χ1) is 8.65. The van der Waals surface area contributed by atoms with Gasteiger partial charge in [-0.3, -0.25) is 20.3 Å². The molecule has 0 heterocycles. The van der Waals surface area contributed by atoms with Crippen molar-refractivity contribution in [2.45, 2.75) is 26.7 Å². The number of carbonyl (C=O) groups excluding carboxylic acids is 2. The highest BCUT2D eigenvalue weighted by Gasteiger charge is 2.12. The third-order valence-corrected chi connectivity index (χ3v) is 2.25. The highest BCUT2D eigenvalue weighted by atomic mass is 16.2. The normalized spacial score (nSPS) is 10.2. The van der Waals surface area contributed by atoms with E-state index in [1.165, 1.54) is 5.01 Å². The van der Waals surface area contributed by atoms with Gasteiger partial charge in [0.2, 0.25) is 11.8 Å². The molecule has 2 amide bonds. The minimum atomic E-state index is -0.167. The van der Waals surface area contributed by atoms with Crippen LogP contribution in [-0.4, -0.2) is 49.7 Å². The lowest BCUT2D eigenvalue weighted by Crippen LogP contribution is -2.50. The molecule has 0 unspecified atom stereocenters. The number of hydrogen-bond acceptors (Lipinski definition) is 5. The fraction of sp³-hybridized carbons (Fsp3) is 0.818. The van der Waals surface area contributed by atoms with E-state index in [0.29, 0.717) is 32.6 Å². The predicted octanol–water partition coefficient (Wildman–Crippen LogP) is -1.24. The van der Waals surface area contributed by atoms with Crippen molar-refractivity contribution in [3.63, 3.8) is 0 Å². The van der Waals surface area contributed by atoms with Crippen molar-refractivity contribution in [1.82, 2.24) is 21.1 Å². The summed E-state index contributed by atoms with van der Waals surface area (Å²) >= 11 is 0. The summed E-state index contributed by atoms with van der Waals surface area (Å²) in [5, 5.41) is 7.52. The largest absolute Gasteiger partial charge is 0.329 e. The highest BCUT2D eigenvalue weighted by Crippen LogP contribution is 1.89. The van der Waals surface area contributed by atoms with E-state index in [4.69, 9.17) is 5.73 Å². The van der Waals surface area contributed by atoms with Gasteiger partial charge in [0.25, 0.3) is 0 Å². The fourth-order valence-corrected chi connectivity index (χ4v) is 1.21. The molecule has 0 aromatic rings. The second-order valence-electron chi connectivity index (χ2n) is 3.76. The molecule has 0 bridgehead atoms. The Morgan fingerprint density at radius 2 is 1.72 bits per heavy atom. The van der Waals surface area contributed by atoms with E-state index in [1.807, 2.05) is 0 Å². The van der Waals surface area contributed by atoms with E-state index in [-0.39, 0.29) is 11.8 Å². The minimum absolute atomic E-state index is 0.112. The molecule has 7 heteroatoms. The van der Waals surface area contributed by atoms with Crippen molar-refractivity contribution in [3.8, 4) is 0 Å². The number of rotatable bonds is 9. The van der Waals surface area contributed by atoms with Crippen LogP contribution < -0.4 is 21.8 Å². The molecule has 0 saturated carbocycles. The van der Waals surface area contributed by atoms with E-state index < -0.39 is 0 Å². The smallest absolute Gasteiger partial charge is 0.241 e. The number of nitrogens with two attached hydrogens (primary N) is 1. The lowest BCUT2D eigenvalue weighted by atomic mass is 10.4. The molecule has 0 radical (unpaired) electrons. The summed E-state index contributed by atoms with van der Waals surface area (Å²) < 4.78 is 0. The van der Waals surface area contributed by atoms with Crippen molar-refractivity contribution in [2.75, 3.05) is 32.8 Å². The Labute approximate surface area is 108 Å². The first kappa shape index (κ1) is 16.8. The van der Waals surface area contributed by atoms with Gasteiger partial charge >= 0.3 is 0 Å². The van der Waals surface area contributed by atoms with Gasteiger partial charge in [-0.2, -0.15) is 0 Å². The van der Waals surface area contributed by atoms with Gasteiger partial charge in [0, 0.05) is 39.0 Å². The van der Waals surface area contributed by atoms with Crippen LogP contribution in [0.3, 0.4) is 0 Å². The summed E-state index contributed by atoms with van der Waals surface area (Å²) in [5.74, 6) is -0.279. The zero-order valence-corrected chi connectivity index (χ0v) is 11.3. The third kappa shape index (κ3) is 7.99. The SMILES string of the molecule is CCC(=O)NN(CNCCNCCN)C(=O)CC. The van der Waals surface area contributed by atoms with Gasteiger partial charge in [-0.25, -0.2) is 5.01 Å². The maximum atomic E-state index is 11.6. The topological polar surface area (TPSA) is 99.5 Å². The van der Waals surface area contributed by atoms with Crippen LogP contribution in [0.15, 0.2) is 0 Å². The van der Waals surface area contributed by atoms with Gasteiger partial charge in [0.05, 0.1) is 6.67 Å².